The Bertz CT molecular complexity index is 166. The minimum Gasteiger partial charge on any atom is -0.384 e. The van der Waals surface area contributed by atoms with Crippen LogP contribution in [0.2, 0.25) is 0 Å². The standard InChI is InChI=1S/C8H16N2O2/c1-12-5-2-7(11)10-6-8(9)3-4-8/h2-6,9H2,1H3,(H,10,11). The van der Waals surface area contributed by atoms with Gasteiger partial charge in [0.15, 0.2) is 0 Å². The maximum absolute atomic E-state index is 11.0. The number of nitrogens with one attached hydrogen (secondary N) is 1. The Morgan fingerprint density at radius 2 is 2.33 bits per heavy atom. The van der Waals surface area contributed by atoms with E-state index in [4.69, 9.17) is 10.5 Å². The van der Waals surface area contributed by atoms with Crippen molar-refractivity contribution < 1.29 is 9.53 Å². The predicted molar refractivity (Wildman–Crippen MR) is 45.7 cm³/mol. The van der Waals surface area contributed by atoms with Crippen LogP contribution in [0.5, 0.6) is 0 Å². The molecule has 0 bridgehead atoms. The highest BCUT2D eigenvalue weighted by Gasteiger charge is 2.38. The van der Waals surface area contributed by atoms with Crippen molar-refractivity contribution in [1.29, 1.82) is 0 Å². The minimum absolute atomic E-state index is 0.0218. The summed E-state index contributed by atoms with van der Waals surface area (Å²) in [7, 11) is 1.58. The third-order valence-electron chi connectivity index (χ3n) is 2.06. The highest BCUT2D eigenvalue weighted by atomic mass is 16.5. The van der Waals surface area contributed by atoms with E-state index in [-0.39, 0.29) is 11.4 Å². The predicted octanol–water partition coefficient (Wildman–Crippen LogP) is -0.370. The van der Waals surface area contributed by atoms with E-state index in [0.29, 0.717) is 19.6 Å². The molecular formula is C8H16N2O2. The number of hydrogen-bond acceptors (Lipinski definition) is 3. The summed E-state index contributed by atoms with van der Waals surface area (Å²) in [5.74, 6) is 0.0218. The molecule has 1 aliphatic rings. The van der Waals surface area contributed by atoms with E-state index in [0.717, 1.165) is 12.8 Å². The van der Waals surface area contributed by atoms with Crippen molar-refractivity contribution in [3.63, 3.8) is 0 Å². The average Bonchev–Trinajstić information content (AvgIpc) is 2.77. The van der Waals surface area contributed by atoms with Gasteiger partial charge in [-0.3, -0.25) is 4.79 Å². The Morgan fingerprint density at radius 3 is 2.83 bits per heavy atom. The van der Waals surface area contributed by atoms with Crippen LogP contribution in [0.1, 0.15) is 19.3 Å². The lowest BCUT2D eigenvalue weighted by atomic mass is 10.3. The van der Waals surface area contributed by atoms with E-state index in [9.17, 15) is 4.79 Å². The molecule has 12 heavy (non-hydrogen) atoms. The molecule has 0 saturated heterocycles. The van der Waals surface area contributed by atoms with Gasteiger partial charge in [0, 0.05) is 25.6 Å². The molecule has 0 heterocycles. The zero-order chi connectivity index (χ0) is 9.03. The first kappa shape index (κ1) is 9.48. The maximum atomic E-state index is 11.0. The Balaban J connectivity index is 2.02. The van der Waals surface area contributed by atoms with Crippen LogP contribution in [0.15, 0.2) is 0 Å². The number of amides is 1. The highest BCUT2D eigenvalue weighted by molar-refractivity contribution is 5.76. The summed E-state index contributed by atoms with van der Waals surface area (Å²) in [5.41, 5.74) is 5.68. The second-order valence-electron chi connectivity index (χ2n) is 3.38. The molecule has 1 saturated carbocycles. The first-order valence-corrected chi connectivity index (χ1v) is 4.21. The van der Waals surface area contributed by atoms with Crippen molar-refractivity contribution >= 4 is 5.91 Å². The van der Waals surface area contributed by atoms with E-state index < -0.39 is 0 Å². The lowest BCUT2D eigenvalue weighted by Crippen LogP contribution is -2.39. The molecule has 70 valence electrons. The Labute approximate surface area is 72.5 Å². The van der Waals surface area contributed by atoms with Crippen molar-refractivity contribution in [2.45, 2.75) is 24.8 Å². The number of ether oxygens (including phenoxy) is 1. The molecule has 0 aromatic rings. The van der Waals surface area contributed by atoms with Gasteiger partial charge in [0.2, 0.25) is 5.91 Å². The summed E-state index contributed by atoms with van der Waals surface area (Å²) in [5, 5.41) is 2.78. The summed E-state index contributed by atoms with van der Waals surface area (Å²) >= 11 is 0. The van der Waals surface area contributed by atoms with Gasteiger partial charge >= 0.3 is 0 Å². The van der Waals surface area contributed by atoms with Crippen LogP contribution in [0.3, 0.4) is 0 Å². The van der Waals surface area contributed by atoms with Gasteiger partial charge in [-0.05, 0) is 12.8 Å². The number of carbonyl (C=O) groups excluding carboxylic acids is 1. The second-order valence-corrected chi connectivity index (χ2v) is 3.38. The molecule has 0 spiro atoms. The van der Waals surface area contributed by atoms with Gasteiger partial charge in [-0.1, -0.05) is 0 Å². The smallest absolute Gasteiger partial charge is 0.222 e. The normalized spacial score (nSPS) is 18.8. The van der Waals surface area contributed by atoms with Gasteiger partial charge in [0.05, 0.1) is 6.61 Å². The van der Waals surface area contributed by atoms with Crippen molar-refractivity contribution in [3.05, 3.63) is 0 Å². The maximum Gasteiger partial charge on any atom is 0.222 e. The largest absolute Gasteiger partial charge is 0.384 e. The van der Waals surface area contributed by atoms with E-state index in [1.807, 2.05) is 0 Å². The fraction of sp³-hybridized carbons (Fsp3) is 0.875. The fourth-order valence-corrected chi connectivity index (χ4v) is 0.895. The monoisotopic (exact) mass is 172 g/mol. The lowest BCUT2D eigenvalue weighted by molar-refractivity contribution is -0.122. The molecule has 0 aromatic heterocycles. The first-order chi connectivity index (χ1) is 5.66. The fourth-order valence-electron chi connectivity index (χ4n) is 0.895. The van der Waals surface area contributed by atoms with Gasteiger partial charge < -0.3 is 15.8 Å². The van der Waals surface area contributed by atoms with Gasteiger partial charge in [-0.25, -0.2) is 0 Å². The number of methoxy groups -OCH3 is 1. The van der Waals surface area contributed by atoms with Crippen LogP contribution in [0.25, 0.3) is 0 Å². The molecule has 0 radical (unpaired) electrons. The highest BCUT2D eigenvalue weighted by Crippen LogP contribution is 2.30. The second kappa shape index (κ2) is 3.87. The molecule has 1 amide bonds. The van der Waals surface area contributed by atoms with E-state index in [1.54, 1.807) is 7.11 Å². The van der Waals surface area contributed by atoms with Crippen LogP contribution >= 0.6 is 0 Å². The zero-order valence-electron chi connectivity index (χ0n) is 7.43. The van der Waals surface area contributed by atoms with Crippen molar-refractivity contribution in [2.24, 2.45) is 5.73 Å². The molecule has 0 unspecified atom stereocenters. The Hall–Kier alpha value is -0.610. The third kappa shape index (κ3) is 3.19. The van der Waals surface area contributed by atoms with Crippen LogP contribution in [0, 0.1) is 0 Å². The molecule has 0 aliphatic heterocycles. The molecular weight excluding hydrogens is 156 g/mol. The third-order valence-corrected chi connectivity index (χ3v) is 2.06. The summed E-state index contributed by atoms with van der Waals surface area (Å²) in [4.78, 5) is 11.0. The molecule has 4 heteroatoms. The van der Waals surface area contributed by atoms with Crippen molar-refractivity contribution in [3.8, 4) is 0 Å². The molecule has 1 aliphatic carbocycles. The van der Waals surface area contributed by atoms with Crippen LogP contribution < -0.4 is 11.1 Å². The van der Waals surface area contributed by atoms with E-state index >= 15 is 0 Å². The van der Waals surface area contributed by atoms with Crippen molar-refractivity contribution in [2.75, 3.05) is 20.3 Å². The molecule has 3 N–H and O–H groups in total. The van der Waals surface area contributed by atoms with E-state index in [1.165, 1.54) is 0 Å². The number of rotatable bonds is 5. The molecule has 0 atom stereocenters. The van der Waals surface area contributed by atoms with Gasteiger partial charge in [0.25, 0.3) is 0 Å². The molecule has 1 rings (SSSR count). The summed E-state index contributed by atoms with van der Waals surface area (Å²) in [6, 6.07) is 0. The Kier molecular flexibility index (Phi) is 3.05. The number of carbonyl (C=O) groups is 1. The molecule has 1 fully saturated rings. The summed E-state index contributed by atoms with van der Waals surface area (Å²) in [6.45, 7) is 1.08. The number of nitrogens with two attached hydrogens (primary N) is 1. The quantitative estimate of drug-likeness (QED) is 0.594. The topological polar surface area (TPSA) is 64.3 Å². The Morgan fingerprint density at radius 1 is 1.67 bits per heavy atom. The van der Waals surface area contributed by atoms with E-state index in [2.05, 4.69) is 5.32 Å². The molecule has 4 nitrogen and oxygen atoms in total. The molecule has 0 aromatic carbocycles. The summed E-state index contributed by atoms with van der Waals surface area (Å²) < 4.78 is 4.77. The minimum atomic E-state index is -0.0945. The van der Waals surface area contributed by atoms with Crippen LogP contribution in [0.4, 0.5) is 0 Å². The lowest BCUT2D eigenvalue weighted by Gasteiger charge is -2.09. The summed E-state index contributed by atoms with van der Waals surface area (Å²) in [6.07, 6.45) is 2.47. The average molecular weight is 172 g/mol. The number of hydrogen-bond donors (Lipinski definition) is 2. The van der Waals surface area contributed by atoms with Crippen LogP contribution in [-0.4, -0.2) is 31.7 Å². The zero-order valence-corrected chi connectivity index (χ0v) is 7.43. The van der Waals surface area contributed by atoms with Gasteiger partial charge in [-0.15, -0.1) is 0 Å². The first-order valence-electron chi connectivity index (χ1n) is 4.21. The van der Waals surface area contributed by atoms with Crippen LogP contribution in [-0.2, 0) is 9.53 Å². The van der Waals surface area contributed by atoms with Crippen molar-refractivity contribution in [1.82, 2.24) is 5.32 Å². The van der Waals surface area contributed by atoms with Gasteiger partial charge in [-0.2, -0.15) is 0 Å². The SMILES string of the molecule is COCCC(=O)NCC1(N)CC1. The van der Waals surface area contributed by atoms with Gasteiger partial charge in [0.1, 0.15) is 0 Å².